The van der Waals surface area contributed by atoms with Crippen LogP contribution in [0.3, 0.4) is 0 Å². The van der Waals surface area contributed by atoms with E-state index in [0.29, 0.717) is 11.8 Å². The summed E-state index contributed by atoms with van der Waals surface area (Å²) in [5, 5.41) is 0.985. The van der Waals surface area contributed by atoms with Crippen LogP contribution in [0.1, 0.15) is 45.4 Å². The average Bonchev–Trinajstić information content (AvgIpc) is 2.69. The lowest BCUT2D eigenvalue weighted by molar-refractivity contribution is -0.126. The zero-order valence-corrected chi connectivity index (χ0v) is 10.8. The number of hydrogen-bond acceptors (Lipinski definition) is 3. The monoisotopic (exact) mass is 240 g/mol. The van der Waals surface area contributed by atoms with E-state index in [1.165, 1.54) is 19.3 Å². The minimum Gasteiger partial charge on any atom is -0.288 e. The van der Waals surface area contributed by atoms with E-state index in [4.69, 9.17) is 0 Å². The molecule has 16 heavy (non-hydrogen) atoms. The van der Waals surface area contributed by atoms with Crippen molar-refractivity contribution < 1.29 is 4.79 Å². The van der Waals surface area contributed by atoms with E-state index in [2.05, 4.69) is 11.9 Å². The Morgan fingerprint density at radius 1 is 1.38 bits per heavy atom. The summed E-state index contributed by atoms with van der Waals surface area (Å²) in [6, 6.07) is 0.437. The molecule has 0 unspecified atom stereocenters. The molecule has 0 aromatic rings. The summed E-state index contributed by atoms with van der Waals surface area (Å²) in [5.74, 6) is 0.866. The van der Waals surface area contributed by atoms with Gasteiger partial charge in [0.15, 0.2) is 5.17 Å². The first-order chi connectivity index (χ1) is 7.83. The second-order valence-corrected chi connectivity index (χ2v) is 5.45. The molecule has 1 saturated carbocycles. The molecular formula is C12H20N2OS. The Balaban J connectivity index is 2.05. The number of thioether (sulfide) groups is 1. The molecule has 0 aromatic carbocycles. The summed E-state index contributed by atoms with van der Waals surface area (Å²) in [5.41, 5.74) is 0. The maximum Gasteiger partial charge on any atom is 0.239 e. The normalized spacial score (nSPS) is 25.7. The molecule has 0 aromatic heterocycles. The lowest BCUT2D eigenvalue weighted by Crippen LogP contribution is -2.40. The van der Waals surface area contributed by atoms with Crippen molar-refractivity contribution in [2.75, 3.05) is 12.3 Å². The van der Waals surface area contributed by atoms with E-state index in [9.17, 15) is 4.79 Å². The molecule has 3 nitrogen and oxygen atoms in total. The van der Waals surface area contributed by atoms with Crippen molar-refractivity contribution in [2.45, 2.75) is 51.5 Å². The third-order valence-corrected chi connectivity index (χ3v) is 4.19. The molecule has 1 aliphatic heterocycles. The fourth-order valence-corrected chi connectivity index (χ4v) is 3.36. The highest BCUT2D eigenvalue weighted by Crippen LogP contribution is 2.29. The highest BCUT2D eigenvalue weighted by Gasteiger charge is 2.34. The summed E-state index contributed by atoms with van der Waals surface area (Å²) in [6.45, 7) is 2.97. The van der Waals surface area contributed by atoms with Crippen molar-refractivity contribution in [3.8, 4) is 0 Å². The summed E-state index contributed by atoms with van der Waals surface area (Å²) in [7, 11) is 0. The largest absolute Gasteiger partial charge is 0.288 e. The van der Waals surface area contributed by atoms with Crippen LogP contribution in [0.5, 0.6) is 0 Å². The predicted molar refractivity (Wildman–Crippen MR) is 68.8 cm³/mol. The molecule has 2 rings (SSSR count). The molecule has 0 radical (unpaired) electrons. The van der Waals surface area contributed by atoms with Gasteiger partial charge in [-0.2, -0.15) is 0 Å². The number of amides is 1. The molecule has 0 N–H and O–H groups in total. The first kappa shape index (κ1) is 12.0. The minimum atomic E-state index is 0.270. The van der Waals surface area contributed by atoms with Crippen molar-refractivity contribution in [3.63, 3.8) is 0 Å². The molecule has 90 valence electrons. The van der Waals surface area contributed by atoms with E-state index < -0.39 is 0 Å². The highest BCUT2D eigenvalue weighted by atomic mass is 32.2. The van der Waals surface area contributed by atoms with E-state index in [-0.39, 0.29) is 5.91 Å². The molecule has 4 heteroatoms. The second kappa shape index (κ2) is 5.71. The number of amidine groups is 1. The van der Waals surface area contributed by atoms with Crippen molar-refractivity contribution in [3.05, 3.63) is 0 Å². The summed E-state index contributed by atoms with van der Waals surface area (Å²) in [4.78, 5) is 18.4. The van der Waals surface area contributed by atoms with Crippen molar-refractivity contribution in [1.82, 2.24) is 4.90 Å². The Morgan fingerprint density at radius 2 is 2.12 bits per heavy atom. The molecule has 0 spiro atoms. The van der Waals surface area contributed by atoms with Crippen LogP contribution < -0.4 is 0 Å². The molecule has 0 atom stereocenters. The van der Waals surface area contributed by atoms with Crippen molar-refractivity contribution in [2.24, 2.45) is 4.99 Å². The van der Waals surface area contributed by atoms with E-state index in [1.807, 2.05) is 4.90 Å². The van der Waals surface area contributed by atoms with Gasteiger partial charge in [-0.25, -0.2) is 0 Å². The number of nitrogens with zero attached hydrogens (tertiary/aromatic N) is 2. The molecule has 1 amide bonds. The first-order valence-corrected chi connectivity index (χ1v) is 7.30. The molecule has 2 aliphatic rings. The number of hydrogen-bond donors (Lipinski definition) is 0. The number of aliphatic imine (C=N–C) groups is 1. The van der Waals surface area contributed by atoms with Gasteiger partial charge in [-0.3, -0.25) is 14.7 Å². The van der Waals surface area contributed by atoms with Gasteiger partial charge < -0.3 is 0 Å². The average molecular weight is 240 g/mol. The van der Waals surface area contributed by atoms with Crippen molar-refractivity contribution >= 4 is 22.8 Å². The molecule has 0 bridgehead atoms. The van der Waals surface area contributed by atoms with Gasteiger partial charge in [0.05, 0.1) is 5.75 Å². The van der Waals surface area contributed by atoms with E-state index >= 15 is 0 Å². The molecular weight excluding hydrogens is 220 g/mol. The predicted octanol–water partition coefficient (Wildman–Crippen LogP) is 2.66. The van der Waals surface area contributed by atoms with Gasteiger partial charge in [-0.15, -0.1) is 0 Å². The summed E-state index contributed by atoms with van der Waals surface area (Å²) < 4.78 is 0. The van der Waals surface area contributed by atoms with Crippen LogP contribution in [-0.2, 0) is 4.79 Å². The topological polar surface area (TPSA) is 32.7 Å². The van der Waals surface area contributed by atoms with Crippen LogP contribution >= 0.6 is 11.8 Å². The number of carbonyl (C=O) groups excluding carboxylic acids is 1. The Morgan fingerprint density at radius 3 is 2.81 bits per heavy atom. The van der Waals surface area contributed by atoms with Crippen molar-refractivity contribution in [1.29, 1.82) is 0 Å². The van der Waals surface area contributed by atoms with Gasteiger partial charge in [0.1, 0.15) is 0 Å². The fourth-order valence-electron chi connectivity index (χ4n) is 2.40. The minimum absolute atomic E-state index is 0.270. The molecule has 2 fully saturated rings. The maximum atomic E-state index is 11.9. The third kappa shape index (κ3) is 2.59. The molecule has 1 aliphatic carbocycles. The van der Waals surface area contributed by atoms with Crippen LogP contribution in [0, 0.1) is 0 Å². The highest BCUT2D eigenvalue weighted by molar-refractivity contribution is 8.15. The third-order valence-electron chi connectivity index (χ3n) is 3.21. The van der Waals surface area contributed by atoms with Crippen LogP contribution in [0.25, 0.3) is 0 Å². The number of carbonyl (C=O) groups is 1. The summed E-state index contributed by atoms with van der Waals surface area (Å²) in [6.07, 6.45) is 7.24. The standard InChI is InChI=1S/C12H20N2OS/c1-2-8-13-12-14(11(15)9-16-12)10-6-4-3-5-7-10/h10H,2-9H2,1H3. The van der Waals surface area contributed by atoms with Crippen LogP contribution in [-0.4, -0.2) is 34.3 Å². The first-order valence-electron chi connectivity index (χ1n) is 6.32. The quantitative estimate of drug-likeness (QED) is 0.759. The van der Waals surface area contributed by atoms with Crippen LogP contribution in [0.2, 0.25) is 0 Å². The Kier molecular flexibility index (Phi) is 4.27. The smallest absolute Gasteiger partial charge is 0.239 e. The van der Waals surface area contributed by atoms with E-state index in [0.717, 1.165) is 31.0 Å². The maximum absolute atomic E-state index is 11.9. The lowest BCUT2D eigenvalue weighted by atomic mass is 9.94. The van der Waals surface area contributed by atoms with Gasteiger partial charge in [0.2, 0.25) is 5.91 Å². The Hall–Kier alpha value is -0.510. The Bertz CT molecular complexity index is 285. The SMILES string of the molecule is CCCN=C1SCC(=O)N1C1CCCCC1. The van der Waals surface area contributed by atoms with Gasteiger partial charge in [-0.05, 0) is 19.3 Å². The number of rotatable bonds is 3. The van der Waals surface area contributed by atoms with Gasteiger partial charge >= 0.3 is 0 Å². The van der Waals surface area contributed by atoms with E-state index in [1.54, 1.807) is 11.8 Å². The zero-order chi connectivity index (χ0) is 11.4. The fraction of sp³-hybridized carbons (Fsp3) is 0.833. The molecule has 1 saturated heterocycles. The molecule has 1 heterocycles. The van der Waals surface area contributed by atoms with Gasteiger partial charge in [0.25, 0.3) is 0 Å². The van der Waals surface area contributed by atoms with Gasteiger partial charge in [0, 0.05) is 12.6 Å². The Labute approximate surface area is 102 Å². The second-order valence-electron chi connectivity index (χ2n) is 4.51. The van der Waals surface area contributed by atoms with Crippen LogP contribution in [0.15, 0.2) is 4.99 Å². The zero-order valence-electron chi connectivity index (χ0n) is 9.95. The lowest BCUT2D eigenvalue weighted by Gasteiger charge is -2.30. The van der Waals surface area contributed by atoms with Crippen LogP contribution in [0.4, 0.5) is 0 Å². The summed E-state index contributed by atoms with van der Waals surface area (Å²) >= 11 is 1.62. The van der Waals surface area contributed by atoms with Gasteiger partial charge in [-0.1, -0.05) is 37.9 Å².